The third kappa shape index (κ3) is 2.99. The van der Waals surface area contributed by atoms with Crippen LogP contribution >= 0.6 is 11.3 Å². The smallest absolute Gasteiger partial charge is 0.254 e. The number of halogens is 3. The Morgan fingerprint density at radius 2 is 2.00 bits per heavy atom. The first-order chi connectivity index (χ1) is 9.81. The summed E-state index contributed by atoms with van der Waals surface area (Å²) in [5.74, 6) is -7.21. The largest absolute Gasteiger partial charge is 0.503 e. The highest BCUT2D eigenvalue weighted by Gasteiger charge is 2.22. The van der Waals surface area contributed by atoms with Crippen LogP contribution < -0.4 is 5.32 Å². The van der Waals surface area contributed by atoms with Crippen LogP contribution in [0.5, 0.6) is 5.75 Å². The van der Waals surface area contributed by atoms with Gasteiger partial charge in [0.2, 0.25) is 5.82 Å². The van der Waals surface area contributed by atoms with Crippen LogP contribution in [0.1, 0.15) is 25.9 Å². The number of amides is 1. The Balaban J connectivity index is 2.20. The van der Waals surface area contributed by atoms with Crippen molar-refractivity contribution in [3.8, 4) is 5.75 Å². The van der Waals surface area contributed by atoms with E-state index in [0.717, 1.165) is 9.88 Å². The van der Waals surface area contributed by atoms with E-state index in [1.165, 1.54) is 11.3 Å². The van der Waals surface area contributed by atoms with E-state index >= 15 is 0 Å². The van der Waals surface area contributed by atoms with E-state index in [1.807, 2.05) is 6.92 Å². The Kier molecular flexibility index (Phi) is 4.17. The van der Waals surface area contributed by atoms with E-state index in [-0.39, 0.29) is 6.54 Å². The molecule has 0 radical (unpaired) electrons. The van der Waals surface area contributed by atoms with Crippen molar-refractivity contribution < 1.29 is 23.1 Å². The van der Waals surface area contributed by atoms with Gasteiger partial charge in [0, 0.05) is 4.88 Å². The minimum absolute atomic E-state index is 0.0220. The van der Waals surface area contributed by atoms with Crippen molar-refractivity contribution in [1.29, 1.82) is 0 Å². The number of aryl methyl sites for hydroxylation is 2. The van der Waals surface area contributed by atoms with Crippen molar-refractivity contribution >= 4 is 17.2 Å². The molecule has 0 aliphatic carbocycles. The molecule has 0 spiro atoms. The molecule has 2 rings (SSSR count). The number of carbonyl (C=O) groups is 1. The molecule has 2 aromatic rings. The summed E-state index contributed by atoms with van der Waals surface area (Å²) in [4.78, 5) is 16.9. The van der Waals surface area contributed by atoms with Gasteiger partial charge in [-0.15, -0.1) is 11.3 Å². The number of hydrogen-bond donors (Lipinski definition) is 2. The molecule has 8 heteroatoms. The number of nitrogens with zero attached hydrogens (tertiary/aromatic N) is 1. The molecule has 0 saturated carbocycles. The van der Waals surface area contributed by atoms with Gasteiger partial charge in [-0.2, -0.15) is 4.39 Å². The topological polar surface area (TPSA) is 62.2 Å². The molecule has 0 aliphatic heterocycles. The number of hydrogen-bond acceptors (Lipinski definition) is 4. The van der Waals surface area contributed by atoms with Crippen molar-refractivity contribution in [3.63, 3.8) is 0 Å². The second-order valence-electron chi connectivity index (χ2n) is 4.30. The zero-order chi connectivity index (χ0) is 15.7. The molecule has 0 saturated heterocycles. The number of thiazole rings is 1. The molecule has 0 bridgehead atoms. The van der Waals surface area contributed by atoms with Gasteiger partial charge in [-0.25, -0.2) is 13.8 Å². The molecule has 1 heterocycles. The van der Waals surface area contributed by atoms with Gasteiger partial charge in [-0.3, -0.25) is 4.79 Å². The number of nitrogens with one attached hydrogen (secondary N) is 1. The Labute approximate surface area is 122 Å². The minimum atomic E-state index is -1.73. The molecule has 0 fully saturated rings. The van der Waals surface area contributed by atoms with Crippen LogP contribution in [-0.2, 0) is 6.54 Å². The van der Waals surface area contributed by atoms with Crippen molar-refractivity contribution in [2.24, 2.45) is 0 Å². The van der Waals surface area contributed by atoms with Gasteiger partial charge >= 0.3 is 0 Å². The fraction of sp³-hybridized carbons (Fsp3) is 0.231. The predicted molar refractivity (Wildman–Crippen MR) is 70.7 cm³/mol. The highest BCUT2D eigenvalue weighted by atomic mass is 32.1. The molecular weight excluding hydrogens is 305 g/mol. The van der Waals surface area contributed by atoms with Crippen LogP contribution in [0.3, 0.4) is 0 Å². The predicted octanol–water partition coefficient (Wildman–Crippen LogP) is 2.81. The van der Waals surface area contributed by atoms with Crippen LogP contribution in [-0.4, -0.2) is 16.0 Å². The molecular formula is C13H11F3N2O2S. The molecule has 2 N–H and O–H groups in total. The van der Waals surface area contributed by atoms with Gasteiger partial charge < -0.3 is 10.4 Å². The van der Waals surface area contributed by atoms with Crippen LogP contribution in [0, 0.1) is 31.3 Å². The standard InChI is InChI=1S/C13H11F3N2O2S/c1-5-9(18-6(2)21-5)4-17-13(20)7-3-8(14)11(16)12(19)10(7)15/h3,19H,4H2,1-2H3,(H,17,20). The quantitative estimate of drug-likeness (QED) is 0.856. The van der Waals surface area contributed by atoms with Crippen LogP contribution in [0.15, 0.2) is 6.07 Å². The SMILES string of the molecule is Cc1nc(CNC(=O)c2cc(F)c(F)c(O)c2F)c(C)s1. The zero-order valence-electron chi connectivity index (χ0n) is 11.1. The number of carbonyl (C=O) groups excluding carboxylic acids is 1. The fourth-order valence-corrected chi connectivity index (χ4v) is 2.59. The summed E-state index contributed by atoms with van der Waals surface area (Å²) in [7, 11) is 0. The van der Waals surface area contributed by atoms with E-state index in [2.05, 4.69) is 10.3 Å². The van der Waals surface area contributed by atoms with Gasteiger partial charge in [0.25, 0.3) is 5.91 Å². The summed E-state index contributed by atoms with van der Waals surface area (Å²) in [6.45, 7) is 3.64. The van der Waals surface area contributed by atoms with Gasteiger partial charge in [0.05, 0.1) is 22.8 Å². The molecule has 112 valence electrons. The highest BCUT2D eigenvalue weighted by molar-refractivity contribution is 7.11. The third-order valence-corrected chi connectivity index (χ3v) is 3.72. The Hall–Kier alpha value is -2.09. The monoisotopic (exact) mass is 316 g/mol. The number of benzene rings is 1. The maximum atomic E-state index is 13.6. The first-order valence-corrected chi connectivity index (χ1v) is 6.70. The van der Waals surface area contributed by atoms with E-state index in [9.17, 15) is 18.0 Å². The second kappa shape index (κ2) is 5.72. The van der Waals surface area contributed by atoms with Gasteiger partial charge in [-0.05, 0) is 19.9 Å². The Morgan fingerprint density at radius 3 is 2.57 bits per heavy atom. The van der Waals surface area contributed by atoms with Gasteiger partial charge in [-0.1, -0.05) is 0 Å². The van der Waals surface area contributed by atoms with Crippen LogP contribution in [0.2, 0.25) is 0 Å². The fourth-order valence-electron chi connectivity index (χ4n) is 1.75. The Morgan fingerprint density at radius 1 is 1.33 bits per heavy atom. The molecule has 0 atom stereocenters. The molecule has 0 unspecified atom stereocenters. The molecule has 1 aromatic heterocycles. The molecule has 1 amide bonds. The molecule has 4 nitrogen and oxygen atoms in total. The van der Waals surface area contributed by atoms with Crippen molar-refractivity contribution in [2.45, 2.75) is 20.4 Å². The second-order valence-corrected chi connectivity index (χ2v) is 5.71. The van der Waals surface area contributed by atoms with E-state index in [4.69, 9.17) is 5.11 Å². The number of phenols is 1. The summed E-state index contributed by atoms with van der Waals surface area (Å²) in [5.41, 5.74) is -0.158. The van der Waals surface area contributed by atoms with Crippen molar-refractivity contribution in [3.05, 3.63) is 44.7 Å². The van der Waals surface area contributed by atoms with Crippen molar-refractivity contribution in [2.75, 3.05) is 0 Å². The summed E-state index contributed by atoms with van der Waals surface area (Å²) >= 11 is 1.44. The van der Waals surface area contributed by atoms with E-state index in [0.29, 0.717) is 11.8 Å². The lowest BCUT2D eigenvalue weighted by atomic mass is 10.1. The van der Waals surface area contributed by atoms with Gasteiger partial charge in [0.15, 0.2) is 17.4 Å². The maximum absolute atomic E-state index is 13.6. The third-order valence-electron chi connectivity index (χ3n) is 2.79. The number of aromatic nitrogens is 1. The number of aromatic hydroxyl groups is 1. The summed E-state index contributed by atoms with van der Waals surface area (Å²) in [5, 5.41) is 12.2. The Bertz CT molecular complexity index is 716. The number of phenolic OH excluding ortho intramolecular Hbond substituents is 1. The van der Waals surface area contributed by atoms with E-state index in [1.54, 1.807) is 6.92 Å². The highest BCUT2D eigenvalue weighted by Crippen LogP contribution is 2.25. The average Bonchev–Trinajstić information content (AvgIpc) is 2.76. The lowest BCUT2D eigenvalue weighted by Gasteiger charge is -2.07. The van der Waals surface area contributed by atoms with Gasteiger partial charge in [0.1, 0.15) is 0 Å². The normalized spacial score (nSPS) is 10.7. The minimum Gasteiger partial charge on any atom is -0.503 e. The van der Waals surface area contributed by atoms with E-state index < -0.39 is 34.7 Å². The molecule has 0 aliphatic rings. The lowest BCUT2D eigenvalue weighted by molar-refractivity contribution is 0.0944. The van der Waals surface area contributed by atoms with Crippen LogP contribution in [0.4, 0.5) is 13.2 Å². The molecule has 1 aromatic carbocycles. The zero-order valence-corrected chi connectivity index (χ0v) is 11.9. The summed E-state index contributed by atoms with van der Waals surface area (Å²) < 4.78 is 39.6. The lowest BCUT2D eigenvalue weighted by Crippen LogP contribution is -2.24. The maximum Gasteiger partial charge on any atom is 0.254 e. The number of rotatable bonds is 3. The van der Waals surface area contributed by atoms with Crippen molar-refractivity contribution in [1.82, 2.24) is 10.3 Å². The molecule has 21 heavy (non-hydrogen) atoms. The average molecular weight is 316 g/mol. The first kappa shape index (κ1) is 15.3. The summed E-state index contributed by atoms with van der Waals surface area (Å²) in [6.07, 6.45) is 0. The van der Waals surface area contributed by atoms with Crippen LogP contribution in [0.25, 0.3) is 0 Å². The summed E-state index contributed by atoms with van der Waals surface area (Å²) in [6, 6.07) is 0.402. The first-order valence-electron chi connectivity index (χ1n) is 5.88.